The average molecular weight is 283 g/mol. The molecule has 6 nitrogen and oxygen atoms in total. The van der Waals surface area contributed by atoms with Gasteiger partial charge in [-0.05, 0) is 26.0 Å². The summed E-state index contributed by atoms with van der Waals surface area (Å²) >= 11 is 0. The van der Waals surface area contributed by atoms with E-state index in [1.807, 2.05) is 18.2 Å². The molecule has 3 rings (SSSR count). The Morgan fingerprint density at radius 1 is 1.19 bits per heavy atom. The Morgan fingerprint density at radius 3 is 2.62 bits per heavy atom. The number of ether oxygens (including phenoxy) is 1. The summed E-state index contributed by atoms with van der Waals surface area (Å²) in [6.07, 6.45) is 3.19. The Kier molecular flexibility index (Phi) is 3.21. The highest BCUT2D eigenvalue weighted by atomic mass is 16.5. The third-order valence-electron chi connectivity index (χ3n) is 3.35. The van der Waals surface area contributed by atoms with E-state index in [0.717, 1.165) is 22.6 Å². The monoisotopic (exact) mass is 283 g/mol. The van der Waals surface area contributed by atoms with Gasteiger partial charge in [0.1, 0.15) is 11.4 Å². The van der Waals surface area contributed by atoms with E-state index in [0.29, 0.717) is 11.5 Å². The molecule has 2 aromatic heterocycles. The minimum absolute atomic E-state index is 0.222. The van der Waals surface area contributed by atoms with Crippen molar-refractivity contribution >= 4 is 16.9 Å². The maximum Gasteiger partial charge on any atom is 0.163 e. The summed E-state index contributed by atoms with van der Waals surface area (Å²) in [5, 5.41) is 0. The SMILES string of the molecule is COc1ccc2c(c1)nc(-c1nccnc1N)n2C(C)C. The number of anilines is 1. The van der Waals surface area contributed by atoms with Crippen molar-refractivity contribution in [1.82, 2.24) is 19.5 Å². The Bertz CT molecular complexity index is 794. The molecule has 0 aliphatic carbocycles. The molecule has 1 aromatic carbocycles. The van der Waals surface area contributed by atoms with Gasteiger partial charge in [0.2, 0.25) is 0 Å². The van der Waals surface area contributed by atoms with E-state index in [1.165, 1.54) is 0 Å². The van der Waals surface area contributed by atoms with E-state index < -0.39 is 0 Å². The molecule has 0 amide bonds. The molecule has 0 aliphatic rings. The van der Waals surface area contributed by atoms with Crippen LogP contribution in [0, 0.1) is 0 Å². The number of hydrogen-bond acceptors (Lipinski definition) is 5. The molecule has 0 saturated heterocycles. The van der Waals surface area contributed by atoms with E-state index in [4.69, 9.17) is 10.5 Å². The van der Waals surface area contributed by atoms with Crippen molar-refractivity contribution < 1.29 is 4.74 Å². The Balaban J connectivity index is 2.31. The van der Waals surface area contributed by atoms with Crippen LogP contribution in [0.4, 0.5) is 5.82 Å². The number of nitrogens with zero attached hydrogens (tertiary/aromatic N) is 4. The van der Waals surface area contributed by atoms with Gasteiger partial charge in [-0.15, -0.1) is 0 Å². The fourth-order valence-corrected chi connectivity index (χ4v) is 2.42. The molecule has 21 heavy (non-hydrogen) atoms. The molecule has 3 aromatic rings. The number of imidazole rings is 1. The first kappa shape index (κ1) is 13.4. The zero-order chi connectivity index (χ0) is 15.0. The van der Waals surface area contributed by atoms with Crippen molar-refractivity contribution in [2.75, 3.05) is 12.8 Å². The van der Waals surface area contributed by atoms with Crippen LogP contribution >= 0.6 is 0 Å². The summed E-state index contributed by atoms with van der Waals surface area (Å²) in [5.74, 6) is 1.87. The number of fused-ring (bicyclic) bond motifs is 1. The fourth-order valence-electron chi connectivity index (χ4n) is 2.42. The molecule has 0 atom stereocenters. The number of benzene rings is 1. The molecule has 2 heterocycles. The Hall–Kier alpha value is -2.63. The van der Waals surface area contributed by atoms with Gasteiger partial charge in [0, 0.05) is 24.5 Å². The lowest BCUT2D eigenvalue weighted by atomic mass is 10.2. The molecule has 0 fully saturated rings. The number of nitrogens with two attached hydrogens (primary N) is 1. The highest BCUT2D eigenvalue weighted by Crippen LogP contribution is 2.30. The van der Waals surface area contributed by atoms with Gasteiger partial charge in [-0.2, -0.15) is 0 Å². The second kappa shape index (κ2) is 5.05. The first-order chi connectivity index (χ1) is 10.1. The van der Waals surface area contributed by atoms with E-state index >= 15 is 0 Å². The molecule has 0 spiro atoms. The van der Waals surface area contributed by atoms with E-state index in [9.17, 15) is 0 Å². The van der Waals surface area contributed by atoms with Gasteiger partial charge in [0.25, 0.3) is 0 Å². The number of rotatable bonds is 3. The van der Waals surface area contributed by atoms with Crippen LogP contribution in [0.2, 0.25) is 0 Å². The maximum atomic E-state index is 5.95. The van der Waals surface area contributed by atoms with Crippen LogP contribution < -0.4 is 10.5 Å². The van der Waals surface area contributed by atoms with Crippen molar-refractivity contribution in [3.63, 3.8) is 0 Å². The summed E-state index contributed by atoms with van der Waals surface area (Å²) in [6, 6.07) is 6.05. The number of nitrogen functional groups attached to an aromatic ring is 1. The smallest absolute Gasteiger partial charge is 0.163 e. The second-order valence-electron chi connectivity index (χ2n) is 5.04. The zero-order valence-corrected chi connectivity index (χ0v) is 12.2. The lowest BCUT2D eigenvalue weighted by Gasteiger charge is -2.13. The average Bonchev–Trinajstić information content (AvgIpc) is 2.85. The van der Waals surface area contributed by atoms with Crippen LogP contribution in [0.15, 0.2) is 30.6 Å². The third kappa shape index (κ3) is 2.18. The van der Waals surface area contributed by atoms with E-state index in [-0.39, 0.29) is 6.04 Å². The molecular weight excluding hydrogens is 266 g/mol. The van der Waals surface area contributed by atoms with E-state index in [2.05, 4.69) is 33.4 Å². The molecule has 0 aliphatic heterocycles. The summed E-state index contributed by atoms with van der Waals surface area (Å²) in [7, 11) is 1.64. The minimum atomic E-state index is 0.222. The largest absolute Gasteiger partial charge is 0.497 e. The van der Waals surface area contributed by atoms with Crippen LogP contribution in [-0.4, -0.2) is 26.6 Å². The Labute approximate surface area is 122 Å². The van der Waals surface area contributed by atoms with Crippen LogP contribution in [0.25, 0.3) is 22.6 Å². The van der Waals surface area contributed by atoms with Gasteiger partial charge >= 0.3 is 0 Å². The fraction of sp³-hybridized carbons (Fsp3) is 0.267. The molecule has 0 radical (unpaired) electrons. The van der Waals surface area contributed by atoms with Crippen molar-refractivity contribution in [3.05, 3.63) is 30.6 Å². The third-order valence-corrected chi connectivity index (χ3v) is 3.35. The van der Waals surface area contributed by atoms with E-state index in [1.54, 1.807) is 19.5 Å². The molecular formula is C15H17N5O. The second-order valence-corrected chi connectivity index (χ2v) is 5.04. The van der Waals surface area contributed by atoms with Gasteiger partial charge in [-0.1, -0.05) is 0 Å². The molecule has 2 N–H and O–H groups in total. The van der Waals surface area contributed by atoms with Crippen molar-refractivity contribution in [1.29, 1.82) is 0 Å². The van der Waals surface area contributed by atoms with Gasteiger partial charge in [-0.25, -0.2) is 15.0 Å². The van der Waals surface area contributed by atoms with Gasteiger partial charge in [0.05, 0.1) is 18.1 Å². The van der Waals surface area contributed by atoms with Crippen LogP contribution in [0.5, 0.6) is 5.75 Å². The Morgan fingerprint density at radius 2 is 1.95 bits per heavy atom. The maximum absolute atomic E-state index is 5.95. The predicted molar refractivity (Wildman–Crippen MR) is 82.1 cm³/mol. The summed E-state index contributed by atoms with van der Waals surface area (Å²) in [6.45, 7) is 4.20. The topological polar surface area (TPSA) is 78.8 Å². The predicted octanol–water partition coefficient (Wildman–Crippen LogP) is 2.67. The van der Waals surface area contributed by atoms with Crippen LogP contribution in [0.1, 0.15) is 19.9 Å². The van der Waals surface area contributed by atoms with Crippen molar-refractivity contribution in [3.8, 4) is 17.3 Å². The molecule has 6 heteroatoms. The molecule has 0 saturated carbocycles. The van der Waals surface area contributed by atoms with Crippen molar-refractivity contribution in [2.45, 2.75) is 19.9 Å². The van der Waals surface area contributed by atoms with Crippen molar-refractivity contribution in [2.24, 2.45) is 0 Å². The first-order valence-electron chi connectivity index (χ1n) is 6.74. The summed E-state index contributed by atoms with van der Waals surface area (Å²) < 4.78 is 7.37. The first-order valence-corrected chi connectivity index (χ1v) is 6.74. The highest BCUT2D eigenvalue weighted by Gasteiger charge is 2.18. The van der Waals surface area contributed by atoms with Gasteiger partial charge < -0.3 is 15.0 Å². The van der Waals surface area contributed by atoms with Crippen LogP contribution in [0.3, 0.4) is 0 Å². The molecule has 0 bridgehead atoms. The number of aromatic nitrogens is 4. The normalized spacial score (nSPS) is 11.2. The molecule has 108 valence electrons. The zero-order valence-electron chi connectivity index (χ0n) is 12.2. The highest BCUT2D eigenvalue weighted by molar-refractivity contribution is 5.83. The standard InChI is InChI=1S/C15H17N5O/c1-9(2)20-12-5-4-10(21-3)8-11(12)19-15(20)13-14(16)18-7-6-17-13/h4-9H,1-3H3,(H2,16,18). The minimum Gasteiger partial charge on any atom is -0.497 e. The van der Waals surface area contributed by atoms with Gasteiger partial charge in [0.15, 0.2) is 11.6 Å². The lowest BCUT2D eigenvalue weighted by molar-refractivity contribution is 0.415. The number of methoxy groups -OCH3 is 1. The molecule has 0 unspecified atom stereocenters. The van der Waals surface area contributed by atoms with Gasteiger partial charge in [-0.3, -0.25) is 0 Å². The quantitative estimate of drug-likeness (QED) is 0.799. The summed E-state index contributed by atoms with van der Waals surface area (Å²) in [5.41, 5.74) is 8.42. The lowest BCUT2D eigenvalue weighted by Crippen LogP contribution is -2.06. The number of hydrogen-bond donors (Lipinski definition) is 1. The van der Waals surface area contributed by atoms with Crippen LogP contribution in [-0.2, 0) is 0 Å². The summed E-state index contributed by atoms with van der Waals surface area (Å²) in [4.78, 5) is 13.1.